The molecule has 0 aliphatic carbocycles. The van der Waals surface area contributed by atoms with Crippen LogP contribution in [0.5, 0.6) is 0 Å². The van der Waals surface area contributed by atoms with E-state index in [1.807, 2.05) is 0 Å². The number of nitrogens with zero attached hydrogens (tertiary/aromatic N) is 1. The minimum absolute atomic E-state index is 0.196. The van der Waals surface area contributed by atoms with E-state index >= 15 is 0 Å². The molecule has 0 saturated heterocycles. The van der Waals surface area contributed by atoms with Crippen LogP contribution in [0.1, 0.15) is 29.8 Å². The van der Waals surface area contributed by atoms with Crippen LogP contribution < -0.4 is 11.1 Å². The molecule has 0 unspecified atom stereocenters. The number of hydrogen-bond donors (Lipinski definition) is 2. The Morgan fingerprint density at radius 2 is 1.80 bits per heavy atom. The molecule has 0 saturated carbocycles. The number of anilines is 2. The molecule has 2 aromatic carbocycles. The van der Waals surface area contributed by atoms with Gasteiger partial charge in [-0.25, -0.2) is 8.42 Å². The fourth-order valence-electron chi connectivity index (χ4n) is 2.54. The summed E-state index contributed by atoms with van der Waals surface area (Å²) in [5, 5.41) is 2.72. The predicted octanol–water partition coefficient (Wildman–Crippen LogP) is 2.86. The summed E-state index contributed by atoms with van der Waals surface area (Å²) in [6.07, 6.45) is 0. The first-order valence-electron chi connectivity index (χ1n) is 8.07. The number of amides is 1. The van der Waals surface area contributed by atoms with Crippen molar-refractivity contribution in [2.75, 3.05) is 24.1 Å². The van der Waals surface area contributed by atoms with Gasteiger partial charge in [0, 0.05) is 30.0 Å². The summed E-state index contributed by atoms with van der Waals surface area (Å²) in [6.45, 7) is 6.10. The first-order valence-corrected chi connectivity index (χ1v) is 9.51. The molecule has 0 aromatic heterocycles. The fourth-order valence-corrected chi connectivity index (χ4v) is 4.25. The Kier molecular flexibility index (Phi) is 5.81. The molecule has 0 radical (unpaired) electrons. The third-order valence-corrected chi connectivity index (χ3v) is 6.11. The Bertz CT molecular complexity index is 875. The van der Waals surface area contributed by atoms with Gasteiger partial charge >= 0.3 is 0 Å². The number of nitrogen functional groups attached to an aromatic ring is 1. The molecule has 0 heterocycles. The van der Waals surface area contributed by atoms with Crippen molar-refractivity contribution < 1.29 is 13.2 Å². The summed E-state index contributed by atoms with van der Waals surface area (Å²) >= 11 is 0. The molecule has 0 fully saturated rings. The van der Waals surface area contributed by atoms with Gasteiger partial charge in [0.1, 0.15) is 0 Å². The Balaban J connectivity index is 2.34. The Morgan fingerprint density at radius 3 is 2.40 bits per heavy atom. The highest BCUT2D eigenvalue weighted by molar-refractivity contribution is 7.89. The second kappa shape index (κ2) is 7.67. The topological polar surface area (TPSA) is 92.5 Å². The Hall–Kier alpha value is -2.38. The zero-order chi connectivity index (χ0) is 18.6. The van der Waals surface area contributed by atoms with Crippen LogP contribution in [-0.4, -0.2) is 31.7 Å². The van der Waals surface area contributed by atoms with E-state index in [9.17, 15) is 13.2 Å². The maximum Gasteiger partial charge on any atom is 0.255 e. The highest BCUT2D eigenvalue weighted by Gasteiger charge is 2.24. The molecule has 6 nitrogen and oxygen atoms in total. The highest BCUT2D eigenvalue weighted by Crippen LogP contribution is 2.24. The average Bonchev–Trinajstić information content (AvgIpc) is 2.57. The second-order valence-electron chi connectivity index (χ2n) is 5.65. The standard InChI is InChI=1S/C18H23N3O3S/c1-4-21(5-2)25(23,24)17-12-16(10-9-13(17)3)20-18(22)14-7-6-8-15(19)11-14/h6-12H,4-5,19H2,1-3H3,(H,20,22). The van der Waals surface area contributed by atoms with Crippen LogP contribution in [-0.2, 0) is 10.0 Å². The molecule has 2 rings (SSSR count). The first-order chi connectivity index (χ1) is 11.8. The molecule has 0 aliphatic rings. The van der Waals surface area contributed by atoms with Gasteiger partial charge in [-0.2, -0.15) is 4.31 Å². The number of carbonyl (C=O) groups excluding carboxylic acids is 1. The van der Waals surface area contributed by atoms with Crippen LogP contribution in [0, 0.1) is 6.92 Å². The minimum Gasteiger partial charge on any atom is -0.399 e. The summed E-state index contributed by atoms with van der Waals surface area (Å²) in [5.41, 5.74) is 7.64. The lowest BCUT2D eigenvalue weighted by molar-refractivity contribution is 0.102. The van der Waals surface area contributed by atoms with E-state index in [1.54, 1.807) is 57.2 Å². The number of benzene rings is 2. The first kappa shape index (κ1) is 19.0. The van der Waals surface area contributed by atoms with E-state index in [4.69, 9.17) is 5.73 Å². The van der Waals surface area contributed by atoms with Gasteiger partial charge in [-0.05, 0) is 42.8 Å². The molecule has 134 valence electrons. The van der Waals surface area contributed by atoms with Crippen LogP contribution in [0.15, 0.2) is 47.4 Å². The van der Waals surface area contributed by atoms with Crippen LogP contribution in [0.2, 0.25) is 0 Å². The van der Waals surface area contributed by atoms with E-state index in [0.717, 1.165) is 0 Å². The fraction of sp³-hybridized carbons (Fsp3) is 0.278. The van der Waals surface area contributed by atoms with Crippen molar-refractivity contribution >= 4 is 27.3 Å². The number of nitrogens with two attached hydrogens (primary N) is 1. The van der Waals surface area contributed by atoms with Crippen molar-refractivity contribution in [1.29, 1.82) is 0 Å². The quantitative estimate of drug-likeness (QED) is 0.774. The molecule has 0 spiro atoms. The lowest BCUT2D eigenvalue weighted by atomic mass is 10.1. The molecule has 0 atom stereocenters. The maximum atomic E-state index is 12.8. The van der Waals surface area contributed by atoms with E-state index in [0.29, 0.717) is 35.6 Å². The predicted molar refractivity (Wildman–Crippen MR) is 100 cm³/mol. The third-order valence-electron chi connectivity index (χ3n) is 3.92. The molecule has 25 heavy (non-hydrogen) atoms. The summed E-state index contributed by atoms with van der Waals surface area (Å²) in [5.74, 6) is -0.345. The third kappa shape index (κ3) is 4.18. The van der Waals surface area contributed by atoms with Crippen molar-refractivity contribution in [1.82, 2.24) is 4.31 Å². The van der Waals surface area contributed by atoms with E-state index in [2.05, 4.69) is 5.32 Å². The molecular weight excluding hydrogens is 338 g/mol. The van der Waals surface area contributed by atoms with E-state index in [1.165, 1.54) is 10.4 Å². The van der Waals surface area contributed by atoms with Gasteiger partial charge < -0.3 is 11.1 Å². The molecule has 0 bridgehead atoms. The summed E-state index contributed by atoms with van der Waals surface area (Å²) in [6, 6.07) is 11.5. The van der Waals surface area contributed by atoms with Crippen molar-refractivity contribution in [2.24, 2.45) is 0 Å². The van der Waals surface area contributed by atoms with Crippen LogP contribution in [0.25, 0.3) is 0 Å². The molecule has 7 heteroatoms. The minimum atomic E-state index is -3.60. The Labute approximate surface area is 148 Å². The number of carbonyl (C=O) groups is 1. The van der Waals surface area contributed by atoms with E-state index in [-0.39, 0.29) is 10.8 Å². The average molecular weight is 361 g/mol. The van der Waals surface area contributed by atoms with Gasteiger partial charge in [0.2, 0.25) is 10.0 Å². The van der Waals surface area contributed by atoms with Gasteiger partial charge in [-0.1, -0.05) is 26.0 Å². The van der Waals surface area contributed by atoms with Crippen molar-refractivity contribution in [3.63, 3.8) is 0 Å². The zero-order valence-electron chi connectivity index (χ0n) is 14.6. The number of rotatable bonds is 6. The number of aryl methyl sites for hydroxylation is 1. The van der Waals surface area contributed by atoms with Crippen LogP contribution in [0.3, 0.4) is 0 Å². The number of hydrogen-bond acceptors (Lipinski definition) is 4. The highest BCUT2D eigenvalue weighted by atomic mass is 32.2. The van der Waals surface area contributed by atoms with Crippen LogP contribution >= 0.6 is 0 Å². The monoisotopic (exact) mass is 361 g/mol. The van der Waals surface area contributed by atoms with Gasteiger partial charge in [0.05, 0.1) is 4.90 Å². The molecular formula is C18H23N3O3S. The molecule has 3 N–H and O–H groups in total. The Morgan fingerprint density at radius 1 is 1.12 bits per heavy atom. The van der Waals surface area contributed by atoms with E-state index < -0.39 is 10.0 Å². The summed E-state index contributed by atoms with van der Waals surface area (Å²) in [7, 11) is -3.60. The summed E-state index contributed by atoms with van der Waals surface area (Å²) < 4.78 is 26.9. The lowest BCUT2D eigenvalue weighted by Gasteiger charge is -2.20. The molecule has 0 aliphatic heterocycles. The van der Waals surface area contributed by atoms with Crippen molar-refractivity contribution in [3.8, 4) is 0 Å². The van der Waals surface area contributed by atoms with Gasteiger partial charge in [0.15, 0.2) is 0 Å². The largest absolute Gasteiger partial charge is 0.399 e. The normalized spacial score (nSPS) is 11.5. The molecule has 1 amide bonds. The lowest BCUT2D eigenvalue weighted by Crippen LogP contribution is -2.31. The van der Waals surface area contributed by atoms with Gasteiger partial charge in [-0.3, -0.25) is 4.79 Å². The van der Waals surface area contributed by atoms with Crippen LogP contribution in [0.4, 0.5) is 11.4 Å². The number of nitrogens with one attached hydrogen (secondary N) is 1. The zero-order valence-corrected chi connectivity index (χ0v) is 15.4. The SMILES string of the molecule is CCN(CC)S(=O)(=O)c1cc(NC(=O)c2cccc(N)c2)ccc1C. The number of sulfonamides is 1. The van der Waals surface area contributed by atoms with Crippen molar-refractivity contribution in [3.05, 3.63) is 53.6 Å². The summed E-state index contributed by atoms with van der Waals surface area (Å²) in [4.78, 5) is 12.5. The maximum absolute atomic E-state index is 12.8. The second-order valence-corrected chi connectivity index (χ2v) is 7.56. The van der Waals surface area contributed by atoms with Gasteiger partial charge in [0.25, 0.3) is 5.91 Å². The smallest absolute Gasteiger partial charge is 0.255 e. The van der Waals surface area contributed by atoms with Gasteiger partial charge in [-0.15, -0.1) is 0 Å². The van der Waals surface area contributed by atoms with Crippen molar-refractivity contribution in [2.45, 2.75) is 25.7 Å². The molecule has 2 aromatic rings.